The van der Waals surface area contributed by atoms with Crippen LogP contribution < -0.4 is 14.4 Å². The van der Waals surface area contributed by atoms with E-state index in [1.165, 1.54) is 11.8 Å². The molecule has 6 nitrogen and oxygen atoms in total. The van der Waals surface area contributed by atoms with Crippen molar-refractivity contribution in [1.82, 2.24) is 9.97 Å². The third kappa shape index (κ3) is 6.07. The number of rotatable bonds is 9. The summed E-state index contributed by atoms with van der Waals surface area (Å²) in [5, 5.41) is 0.598. The summed E-state index contributed by atoms with van der Waals surface area (Å²) in [6.07, 6.45) is 3.51. The van der Waals surface area contributed by atoms with Crippen molar-refractivity contribution in [3.05, 3.63) is 41.6 Å². The average molecular weight is 381 g/mol. The maximum absolute atomic E-state index is 10.9. The quantitative estimate of drug-likeness (QED) is 0.216. The SMILES string of the molecule is [B]=[P+]([O-])SOCc1cnc(SC)nc1OCc1ccc(OC)cc1. The van der Waals surface area contributed by atoms with E-state index in [0.29, 0.717) is 23.2 Å². The van der Waals surface area contributed by atoms with Crippen LogP contribution in [0.3, 0.4) is 0 Å². The van der Waals surface area contributed by atoms with E-state index in [0.717, 1.165) is 23.0 Å². The van der Waals surface area contributed by atoms with Crippen LogP contribution in [0.25, 0.3) is 0 Å². The Morgan fingerprint density at radius 3 is 2.62 bits per heavy atom. The second-order valence-corrected chi connectivity index (χ2v) is 7.70. The Hall–Kier alpha value is -1.12. The van der Waals surface area contributed by atoms with Crippen molar-refractivity contribution in [3.63, 3.8) is 0 Å². The molecule has 1 unspecified atom stereocenters. The first-order valence-electron chi connectivity index (χ1n) is 6.79. The Morgan fingerprint density at radius 2 is 2.00 bits per heavy atom. The first-order chi connectivity index (χ1) is 11.6. The Kier molecular flexibility index (Phi) is 8.01. The Labute approximate surface area is 151 Å². The molecular weight excluding hydrogens is 366 g/mol. The van der Waals surface area contributed by atoms with Crippen molar-refractivity contribution in [2.45, 2.75) is 18.4 Å². The number of nitrogens with zero attached hydrogens (tertiary/aromatic N) is 2. The zero-order valence-corrected chi connectivity index (χ0v) is 15.7. The minimum atomic E-state index is -1.92. The van der Waals surface area contributed by atoms with Gasteiger partial charge in [0, 0.05) is 0 Å². The molecule has 1 aromatic carbocycles. The van der Waals surface area contributed by atoms with Crippen molar-refractivity contribution >= 4 is 37.5 Å². The topological polar surface area (TPSA) is 76.5 Å². The van der Waals surface area contributed by atoms with Crippen molar-refractivity contribution in [3.8, 4) is 11.6 Å². The second kappa shape index (κ2) is 10.0. The molecule has 1 heterocycles. The monoisotopic (exact) mass is 381 g/mol. The summed E-state index contributed by atoms with van der Waals surface area (Å²) >= 11 is 2.14. The Balaban J connectivity index is 2.06. The molecule has 0 saturated carbocycles. The number of benzene rings is 1. The van der Waals surface area contributed by atoms with Crippen molar-refractivity contribution in [2.75, 3.05) is 13.4 Å². The van der Waals surface area contributed by atoms with Crippen LogP contribution >= 0.6 is 30.3 Å². The van der Waals surface area contributed by atoms with Crippen LogP contribution in [0.2, 0.25) is 0 Å². The van der Waals surface area contributed by atoms with Crippen molar-refractivity contribution < 1.29 is 18.6 Å². The first-order valence-corrected chi connectivity index (χ1v) is 10.7. The number of ether oxygens (including phenoxy) is 2. The van der Waals surface area contributed by atoms with Crippen molar-refractivity contribution in [2.24, 2.45) is 0 Å². The van der Waals surface area contributed by atoms with E-state index < -0.39 is 6.84 Å². The third-order valence-electron chi connectivity index (χ3n) is 2.86. The van der Waals surface area contributed by atoms with Crippen LogP contribution in [0.15, 0.2) is 35.6 Å². The molecule has 1 radical (unpaired) electrons. The fourth-order valence-corrected chi connectivity index (χ4v) is 2.80. The summed E-state index contributed by atoms with van der Waals surface area (Å²) in [6, 6.07) is 7.57. The molecule has 0 saturated heterocycles. The van der Waals surface area contributed by atoms with Crippen LogP contribution in [0.1, 0.15) is 11.1 Å². The summed E-state index contributed by atoms with van der Waals surface area (Å²) in [6.45, 7) is -1.42. The number of methoxy groups -OCH3 is 1. The fraction of sp³-hybridized carbons (Fsp3) is 0.286. The van der Waals surface area contributed by atoms with Gasteiger partial charge in [0.05, 0.1) is 7.11 Å². The Bertz CT molecular complexity index is 691. The molecule has 0 aliphatic carbocycles. The molecule has 2 rings (SSSR count). The van der Waals surface area contributed by atoms with E-state index in [9.17, 15) is 4.89 Å². The van der Waals surface area contributed by atoms with Gasteiger partial charge in [-0.25, -0.2) is 0 Å². The molecule has 0 aliphatic heterocycles. The molecule has 0 fully saturated rings. The molecule has 0 spiro atoms. The van der Waals surface area contributed by atoms with Gasteiger partial charge in [-0.1, -0.05) is 0 Å². The summed E-state index contributed by atoms with van der Waals surface area (Å²) in [5.74, 6) is 1.21. The third-order valence-corrected chi connectivity index (χ3v) is 4.55. The zero-order chi connectivity index (χ0) is 17.4. The molecule has 10 heteroatoms. The van der Waals surface area contributed by atoms with E-state index in [-0.39, 0.29) is 6.61 Å². The predicted molar refractivity (Wildman–Crippen MR) is 96.2 cm³/mol. The van der Waals surface area contributed by atoms with Gasteiger partial charge in [-0.15, -0.1) is 0 Å². The Morgan fingerprint density at radius 1 is 1.25 bits per heavy atom. The van der Waals surface area contributed by atoms with Gasteiger partial charge >= 0.3 is 139 Å². The van der Waals surface area contributed by atoms with E-state index >= 15 is 0 Å². The normalized spacial score (nSPS) is 11.2. The van der Waals surface area contributed by atoms with Gasteiger partial charge in [0.15, 0.2) is 0 Å². The van der Waals surface area contributed by atoms with Gasteiger partial charge in [0.2, 0.25) is 0 Å². The molecule has 0 N–H and O–H groups in total. The van der Waals surface area contributed by atoms with Crippen LogP contribution in [0, 0.1) is 0 Å². The molecule has 2 aromatic rings. The van der Waals surface area contributed by atoms with E-state index in [2.05, 4.69) is 9.97 Å². The molecule has 1 atom stereocenters. The number of hydrogen-bond acceptors (Lipinski definition) is 8. The summed E-state index contributed by atoms with van der Waals surface area (Å²) in [7, 11) is 6.79. The van der Waals surface area contributed by atoms with Crippen LogP contribution in [-0.2, 0) is 17.4 Å². The average Bonchev–Trinajstić information content (AvgIpc) is 2.60. The molecular formula is C14H15BN2O4PS2. The molecule has 125 valence electrons. The van der Waals surface area contributed by atoms with Crippen molar-refractivity contribution in [1.29, 1.82) is 0 Å². The van der Waals surface area contributed by atoms with Gasteiger partial charge in [0.25, 0.3) is 0 Å². The van der Waals surface area contributed by atoms with Crippen LogP contribution in [0.4, 0.5) is 0 Å². The fourth-order valence-electron chi connectivity index (χ4n) is 1.71. The van der Waals surface area contributed by atoms with Gasteiger partial charge < -0.3 is 4.74 Å². The predicted octanol–water partition coefficient (Wildman–Crippen LogP) is 2.71. The van der Waals surface area contributed by atoms with E-state index in [4.69, 9.17) is 20.8 Å². The minimum absolute atomic E-state index is 0.148. The molecule has 1 aromatic heterocycles. The summed E-state index contributed by atoms with van der Waals surface area (Å²) in [5.41, 5.74) is 1.64. The van der Waals surface area contributed by atoms with Crippen LogP contribution in [-0.4, -0.2) is 30.5 Å². The second-order valence-electron chi connectivity index (χ2n) is 4.45. The maximum atomic E-state index is 10.9. The van der Waals surface area contributed by atoms with E-state index in [1.54, 1.807) is 13.3 Å². The first kappa shape index (κ1) is 19.2. The van der Waals surface area contributed by atoms with Gasteiger partial charge in [-0.3, -0.25) is 0 Å². The molecule has 0 bridgehead atoms. The molecule has 24 heavy (non-hydrogen) atoms. The summed E-state index contributed by atoms with van der Waals surface area (Å²) < 4.78 is 16.1. The van der Waals surface area contributed by atoms with Crippen LogP contribution in [0.5, 0.6) is 11.6 Å². The van der Waals surface area contributed by atoms with Gasteiger partial charge in [0.1, 0.15) is 0 Å². The van der Waals surface area contributed by atoms with Gasteiger partial charge in [-0.2, -0.15) is 0 Å². The standard InChI is InChI=1S/C14H15BN2O4PS2/c1-19-12-5-3-10(4-6-12)8-20-13-11(9-21-24-22(15)18)7-16-14(17-13)23-2/h3-7H,8-9H2,1-2H3. The van der Waals surface area contributed by atoms with E-state index in [1.807, 2.05) is 30.5 Å². The summed E-state index contributed by atoms with van der Waals surface area (Å²) in [4.78, 5) is 19.4. The molecule has 0 aliphatic rings. The number of hydrogen-bond donors (Lipinski definition) is 0. The molecule has 0 amide bonds. The number of aromatic nitrogens is 2. The van der Waals surface area contributed by atoms with Gasteiger partial charge in [-0.05, 0) is 0 Å². The number of thioether (sulfide) groups is 1. The zero-order valence-electron chi connectivity index (χ0n) is 13.2.